The molecule has 0 atom stereocenters. The van der Waals surface area contributed by atoms with Crippen LogP contribution in [-0.4, -0.2) is 31.0 Å². The van der Waals surface area contributed by atoms with E-state index in [1.807, 2.05) is 0 Å². The Morgan fingerprint density at radius 3 is 1.64 bits per heavy atom. The van der Waals surface area contributed by atoms with Gasteiger partial charge < -0.3 is 0 Å². The van der Waals surface area contributed by atoms with Crippen molar-refractivity contribution in [3.05, 3.63) is 41.5 Å². The molecule has 0 bridgehead atoms. The van der Waals surface area contributed by atoms with Gasteiger partial charge >= 0.3 is 143 Å². The first-order valence-corrected chi connectivity index (χ1v) is 7.54. The Morgan fingerprint density at radius 1 is 0.680 bits per heavy atom. The average Bonchev–Trinajstić information content (AvgIpc) is 2.44. The van der Waals surface area contributed by atoms with Gasteiger partial charge in [0.1, 0.15) is 0 Å². The van der Waals surface area contributed by atoms with Gasteiger partial charge in [0, 0.05) is 0 Å². The summed E-state index contributed by atoms with van der Waals surface area (Å²) < 4.78 is 130. The van der Waals surface area contributed by atoms with Crippen molar-refractivity contribution < 1.29 is 43.9 Å². The van der Waals surface area contributed by atoms with E-state index in [1.54, 1.807) is 0 Å². The van der Waals surface area contributed by atoms with Gasteiger partial charge in [-0.1, -0.05) is 0 Å². The van der Waals surface area contributed by atoms with E-state index in [1.165, 1.54) is 12.1 Å². The molecule has 0 aromatic heterocycles. The SMILES string of the molecule is FC(F)(F)C(F)(F)c1cc2ccccc2[c]([Ga])c1C(F)(F)C(F)(F)F. The van der Waals surface area contributed by atoms with Crippen LogP contribution in [0.4, 0.5) is 43.9 Å². The summed E-state index contributed by atoms with van der Waals surface area (Å²) >= 11 is 0.0816. The molecule has 0 aliphatic carbocycles. The fourth-order valence-electron chi connectivity index (χ4n) is 2.26. The Labute approximate surface area is 143 Å². The number of rotatable bonds is 2. The third kappa shape index (κ3) is 3.11. The first kappa shape index (κ1) is 20.0. The predicted molar refractivity (Wildman–Crippen MR) is 69.2 cm³/mol. The molecule has 0 aliphatic heterocycles. The second-order valence-electron chi connectivity index (χ2n) is 5.08. The zero-order chi connectivity index (χ0) is 19.4. The van der Waals surface area contributed by atoms with Crippen LogP contribution in [0.2, 0.25) is 0 Å². The number of hydrogen-bond acceptors (Lipinski definition) is 0. The summed E-state index contributed by atoms with van der Waals surface area (Å²) in [5.41, 5.74) is -4.76. The maximum atomic E-state index is 13.8. The molecule has 0 N–H and O–H groups in total. The molecule has 2 aromatic rings. The Hall–Kier alpha value is -1.36. The first-order chi connectivity index (χ1) is 11.1. The molecule has 0 spiro atoms. The second-order valence-corrected chi connectivity index (χ2v) is 6.29. The van der Waals surface area contributed by atoms with Crippen LogP contribution in [0, 0.1) is 0 Å². The molecule has 0 aliphatic rings. The van der Waals surface area contributed by atoms with E-state index < -0.39 is 39.4 Å². The Balaban J connectivity index is 3.01. The average molecular weight is 433 g/mol. The van der Waals surface area contributed by atoms with Crippen LogP contribution in [0.25, 0.3) is 10.8 Å². The second kappa shape index (κ2) is 5.83. The van der Waals surface area contributed by atoms with Crippen molar-refractivity contribution in [2.75, 3.05) is 0 Å². The van der Waals surface area contributed by atoms with Gasteiger partial charge in [-0.15, -0.1) is 0 Å². The molecule has 0 nitrogen and oxygen atoms in total. The Morgan fingerprint density at radius 2 is 1.16 bits per heavy atom. The number of alkyl halides is 10. The van der Waals surface area contributed by atoms with Crippen molar-refractivity contribution in [1.82, 2.24) is 0 Å². The van der Waals surface area contributed by atoms with E-state index in [0.717, 1.165) is 12.1 Å². The molecule has 134 valence electrons. The van der Waals surface area contributed by atoms with E-state index in [9.17, 15) is 43.9 Å². The van der Waals surface area contributed by atoms with Gasteiger partial charge in [-0.3, -0.25) is 0 Å². The molecule has 0 fully saturated rings. The predicted octanol–water partition coefficient (Wildman–Crippen LogP) is 4.94. The zero-order valence-corrected chi connectivity index (χ0v) is 14.2. The molecule has 0 amide bonds. The van der Waals surface area contributed by atoms with Crippen LogP contribution in [0.15, 0.2) is 30.3 Å². The molecule has 0 saturated heterocycles. The van der Waals surface area contributed by atoms with E-state index >= 15 is 0 Å². The van der Waals surface area contributed by atoms with Crippen molar-refractivity contribution in [3.63, 3.8) is 0 Å². The molecule has 0 unspecified atom stereocenters. The van der Waals surface area contributed by atoms with Gasteiger partial charge in [-0.2, -0.15) is 0 Å². The molecule has 2 aromatic carbocycles. The molecule has 2 rings (SSSR count). The van der Waals surface area contributed by atoms with Crippen molar-refractivity contribution in [2.45, 2.75) is 24.2 Å². The van der Waals surface area contributed by atoms with E-state index in [2.05, 4.69) is 0 Å². The maximum absolute atomic E-state index is 13.8. The molecule has 25 heavy (non-hydrogen) atoms. The Kier molecular flexibility index (Phi) is 4.65. The third-order valence-corrected chi connectivity index (χ3v) is 4.71. The quantitative estimate of drug-likeness (QED) is 0.465. The first-order valence-electron chi connectivity index (χ1n) is 6.33. The van der Waals surface area contributed by atoms with Crippen molar-refractivity contribution in [2.24, 2.45) is 0 Å². The van der Waals surface area contributed by atoms with Gasteiger partial charge in [0.05, 0.1) is 0 Å². The summed E-state index contributed by atoms with van der Waals surface area (Å²) in [4.78, 5) is 0. The standard InChI is InChI=1S/C14H5F10.Ga/c15-11(16,13(19,20)21)9-5-7-3-1-2-4-8(7)6-10(9)12(17,18)14(22,23)24;/h1-5H;. The minimum atomic E-state index is -6.34. The summed E-state index contributed by atoms with van der Waals surface area (Å²) in [5, 5.41) is -0.564. The molecule has 0 saturated carbocycles. The van der Waals surface area contributed by atoms with Gasteiger partial charge in [0.2, 0.25) is 0 Å². The van der Waals surface area contributed by atoms with Crippen molar-refractivity contribution in [1.29, 1.82) is 0 Å². The summed E-state index contributed by atoms with van der Waals surface area (Å²) in [6.07, 6.45) is -12.7. The topological polar surface area (TPSA) is 0 Å². The fourth-order valence-corrected chi connectivity index (χ4v) is 3.51. The summed E-state index contributed by atoms with van der Waals surface area (Å²) in [7, 11) is 0. The zero-order valence-electron chi connectivity index (χ0n) is 11.7. The molecule has 11 heteroatoms. The van der Waals surface area contributed by atoms with Crippen molar-refractivity contribution in [3.8, 4) is 0 Å². The van der Waals surface area contributed by atoms with Crippen LogP contribution in [-0.2, 0) is 11.8 Å². The number of fused-ring (bicyclic) bond motifs is 1. The van der Waals surface area contributed by atoms with Gasteiger partial charge in [0.25, 0.3) is 0 Å². The molecular formula is C14H5F10Ga. The Bertz CT molecular complexity index is 804. The van der Waals surface area contributed by atoms with E-state index in [0.29, 0.717) is 0 Å². The van der Waals surface area contributed by atoms with Crippen LogP contribution in [0.5, 0.6) is 0 Å². The summed E-state index contributed by atoms with van der Waals surface area (Å²) in [5.74, 6) is -11.8. The molecule has 2 radical (unpaired) electrons. The number of benzene rings is 2. The van der Waals surface area contributed by atoms with E-state index in [4.69, 9.17) is 0 Å². The summed E-state index contributed by atoms with van der Waals surface area (Å²) in [6, 6.07) is 4.61. The third-order valence-electron chi connectivity index (χ3n) is 3.45. The van der Waals surface area contributed by atoms with Gasteiger partial charge in [0.15, 0.2) is 0 Å². The van der Waals surface area contributed by atoms with Gasteiger partial charge in [-0.05, 0) is 0 Å². The van der Waals surface area contributed by atoms with Crippen LogP contribution < -0.4 is 4.12 Å². The number of halogens is 10. The van der Waals surface area contributed by atoms with Crippen LogP contribution in [0.3, 0.4) is 0 Å². The normalized spacial score (nSPS) is 14.2. The number of hydrogen-bond donors (Lipinski definition) is 0. The van der Waals surface area contributed by atoms with Gasteiger partial charge in [-0.25, -0.2) is 0 Å². The fraction of sp³-hybridized carbons (Fsp3) is 0.286. The monoisotopic (exact) mass is 432 g/mol. The van der Waals surface area contributed by atoms with Crippen LogP contribution >= 0.6 is 0 Å². The molecule has 0 heterocycles. The van der Waals surface area contributed by atoms with Crippen LogP contribution in [0.1, 0.15) is 11.1 Å². The summed E-state index contributed by atoms with van der Waals surface area (Å²) in [6.45, 7) is 0. The van der Waals surface area contributed by atoms with Crippen molar-refractivity contribution >= 4 is 33.5 Å². The minimum absolute atomic E-state index is 0.0287. The molecular weight excluding hydrogens is 428 g/mol. The van der Waals surface area contributed by atoms with E-state index in [-0.39, 0.29) is 35.4 Å².